The first-order valence-electron chi connectivity index (χ1n) is 8.59. The summed E-state index contributed by atoms with van der Waals surface area (Å²) in [5, 5.41) is 12.3. The molecule has 0 aliphatic heterocycles. The number of benzene rings is 1. The van der Waals surface area contributed by atoms with Gasteiger partial charge >= 0.3 is 5.97 Å². The summed E-state index contributed by atoms with van der Waals surface area (Å²) in [7, 11) is 0. The molecule has 2 N–H and O–H groups in total. The number of carbonyl (C=O) groups excluding carboxylic acids is 1. The Balaban J connectivity index is 2.16. The van der Waals surface area contributed by atoms with Gasteiger partial charge in [0.05, 0.1) is 18.8 Å². The van der Waals surface area contributed by atoms with Gasteiger partial charge in [0.15, 0.2) is 5.13 Å². The molecule has 26 heavy (non-hydrogen) atoms. The van der Waals surface area contributed by atoms with Crippen molar-refractivity contribution in [2.24, 2.45) is 0 Å². The predicted molar refractivity (Wildman–Crippen MR) is 105 cm³/mol. The highest BCUT2D eigenvalue weighted by atomic mass is 32.1. The zero-order valence-electron chi connectivity index (χ0n) is 15.5. The van der Waals surface area contributed by atoms with Gasteiger partial charge in [0.2, 0.25) is 5.91 Å². The maximum atomic E-state index is 12.4. The summed E-state index contributed by atoms with van der Waals surface area (Å²) >= 11 is 1.46. The molecule has 6 nitrogen and oxygen atoms in total. The predicted octanol–water partition coefficient (Wildman–Crippen LogP) is 3.67. The topological polar surface area (TPSA) is 82.5 Å². The smallest absolute Gasteiger partial charge is 0.317 e. The summed E-state index contributed by atoms with van der Waals surface area (Å²) in [6.45, 7) is 7.77. The van der Waals surface area contributed by atoms with Crippen LogP contribution in [0.25, 0.3) is 11.3 Å². The molecule has 0 atom stereocenters. The molecule has 0 spiro atoms. The van der Waals surface area contributed by atoms with Crippen LogP contribution in [-0.2, 0) is 9.59 Å². The van der Waals surface area contributed by atoms with Crippen molar-refractivity contribution in [3.05, 3.63) is 35.2 Å². The van der Waals surface area contributed by atoms with Crippen LogP contribution in [-0.4, -0.2) is 46.0 Å². The Morgan fingerprint density at radius 2 is 1.81 bits per heavy atom. The first kappa shape index (κ1) is 20.1. The Kier molecular flexibility index (Phi) is 6.88. The number of carboxylic acid groups (broad SMARTS) is 1. The summed E-state index contributed by atoms with van der Waals surface area (Å²) in [6, 6.07) is 9.84. The third kappa shape index (κ3) is 5.37. The molecule has 140 valence electrons. The van der Waals surface area contributed by atoms with Crippen LogP contribution >= 0.6 is 11.3 Å². The lowest BCUT2D eigenvalue weighted by molar-refractivity contribution is -0.139. The molecular formula is C19H25N3O3S. The van der Waals surface area contributed by atoms with Gasteiger partial charge < -0.3 is 10.4 Å². The number of carboxylic acids is 1. The van der Waals surface area contributed by atoms with Gasteiger partial charge in [0.1, 0.15) is 0 Å². The quantitative estimate of drug-likeness (QED) is 0.736. The van der Waals surface area contributed by atoms with Crippen LogP contribution in [0.5, 0.6) is 0 Å². The molecule has 7 heteroatoms. The number of hydrogen-bond donors (Lipinski definition) is 2. The summed E-state index contributed by atoms with van der Waals surface area (Å²) in [4.78, 5) is 30.6. The van der Waals surface area contributed by atoms with Crippen LogP contribution in [0.1, 0.15) is 38.5 Å². The molecule has 1 aromatic heterocycles. The van der Waals surface area contributed by atoms with E-state index in [4.69, 9.17) is 5.11 Å². The third-order valence-corrected chi connectivity index (χ3v) is 5.16. The van der Waals surface area contributed by atoms with Gasteiger partial charge in [-0.15, -0.1) is 11.3 Å². The highest BCUT2D eigenvalue weighted by molar-refractivity contribution is 7.16. The average Bonchev–Trinajstić information content (AvgIpc) is 2.98. The van der Waals surface area contributed by atoms with Gasteiger partial charge in [0, 0.05) is 16.5 Å². The lowest BCUT2D eigenvalue weighted by Crippen LogP contribution is -2.41. The number of aromatic nitrogens is 1. The van der Waals surface area contributed by atoms with Crippen LogP contribution in [0.2, 0.25) is 0 Å². The van der Waals surface area contributed by atoms with E-state index in [0.717, 1.165) is 16.1 Å². The Morgan fingerprint density at radius 3 is 2.35 bits per heavy atom. The second-order valence-electron chi connectivity index (χ2n) is 6.69. The highest BCUT2D eigenvalue weighted by Gasteiger charge is 2.20. The van der Waals surface area contributed by atoms with E-state index >= 15 is 0 Å². The normalized spacial score (nSPS) is 11.3. The lowest BCUT2D eigenvalue weighted by Gasteiger charge is -2.23. The van der Waals surface area contributed by atoms with Crippen molar-refractivity contribution in [2.75, 3.05) is 18.4 Å². The van der Waals surface area contributed by atoms with Crippen molar-refractivity contribution in [2.45, 2.75) is 39.7 Å². The van der Waals surface area contributed by atoms with Gasteiger partial charge in [-0.3, -0.25) is 14.5 Å². The van der Waals surface area contributed by atoms with E-state index in [1.165, 1.54) is 11.3 Å². The van der Waals surface area contributed by atoms with Crippen molar-refractivity contribution in [3.63, 3.8) is 0 Å². The largest absolute Gasteiger partial charge is 0.480 e. The number of nitrogens with one attached hydrogen (secondary N) is 1. The van der Waals surface area contributed by atoms with Crippen LogP contribution in [0.4, 0.5) is 5.13 Å². The number of thiazole rings is 1. The van der Waals surface area contributed by atoms with Crippen molar-refractivity contribution in [1.29, 1.82) is 0 Å². The molecule has 1 amide bonds. The summed E-state index contributed by atoms with van der Waals surface area (Å²) < 4.78 is 0. The monoisotopic (exact) mass is 375 g/mol. The molecule has 1 heterocycles. The second kappa shape index (κ2) is 8.91. The van der Waals surface area contributed by atoms with Gasteiger partial charge in [-0.05, 0) is 19.8 Å². The van der Waals surface area contributed by atoms with E-state index in [2.05, 4.69) is 24.1 Å². The van der Waals surface area contributed by atoms with E-state index in [1.54, 1.807) is 4.90 Å². The Bertz CT molecular complexity index is 757. The maximum absolute atomic E-state index is 12.4. The number of rotatable bonds is 8. The van der Waals surface area contributed by atoms with Crippen molar-refractivity contribution in [1.82, 2.24) is 9.88 Å². The maximum Gasteiger partial charge on any atom is 0.317 e. The summed E-state index contributed by atoms with van der Waals surface area (Å²) in [5.41, 5.74) is 1.90. The van der Waals surface area contributed by atoms with Gasteiger partial charge in [-0.25, -0.2) is 4.98 Å². The molecule has 0 aliphatic rings. The van der Waals surface area contributed by atoms with Gasteiger partial charge in [0.25, 0.3) is 0 Å². The molecule has 0 radical (unpaired) electrons. The van der Waals surface area contributed by atoms with Crippen LogP contribution in [0.15, 0.2) is 30.3 Å². The molecule has 0 aliphatic carbocycles. The Labute approximate surface area is 157 Å². The molecule has 0 saturated carbocycles. The second-order valence-corrected chi connectivity index (χ2v) is 7.72. The van der Waals surface area contributed by atoms with E-state index in [0.29, 0.717) is 5.13 Å². The molecule has 1 aromatic carbocycles. The number of aliphatic carboxylic acids is 1. The minimum Gasteiger partial charge on any atom is -0.480 e. The van der Waals surface area contributed by atoms with Gasteiger partial charge in [-0.1, -0.05) is 44.2 Å². The van der Waals surface area contributed by atoms with Crippen LogP contribution < -0.4 is 5.32 Å². The SMILES string of the molecule is CC(C)c1sc(NC(=O)CN(CC(=O)O)C(C)C)nc1-c1ccccc1. The van der Waals surface area contributed by atoms with Crippen molar-refractivity contribution >= 4 is 28.3 Å². The zero-order chi connectivity index (χ0) is 19.3. The number of nitrogens with zero attached hydrogens (tertiary/aromatic N) is 2. The van der Waals surface area contributed by atoms with E-state index in [9.17, 15) is 9.59 Å². The van der Waals surface area contributed by atoms with Gasteiger partial charge in [-0.2, -0.15) is 0 Å². The van der Waals surface area contributed by atoms with E-state index in [-0.39, 0.29) is 31.0 Å². The standard InChI is InChI=1S/C19H25N3O3S/c1-12(2)18-17(14-8-6-5-7-9-14)21-19(26-18)20-15(23)10-22(13(3)4)11-16(24)25/h5-9,12-13H,10-11H2,1-4H3,(H,24,25)(H,20,21,23). The Hall–Kier alpha value is -2.25. The van der Waals surface area contributed by atoms with Crippen LogP contribution in [0, 0.1) is 0 Å². The Morgan fingerprint density at radius 1 is 1.15 bits per heavy atom. The fourth-order valence-corrected chi connectivity index (χ4v) is 3.52. The first-order valence-corrected chi connectivity index (χ1v) is 9.41. The molecular weight excluding hydrogens is 350 g/mol. The fraction of sp³-hybridized carbons (Fsp3) is 0.421. The molecule has 0 saturated heterocycles. The highest BCUT2D eigenvalue weighted by Crippen LogP contribution is 2.36. The minimum atomic E-state index is -0.950. The molecule has 0 unspecified atom stereocenters. The van der Waals surface area contributed by atoms with E-state index < -0.39 is 5.97 Å². The minimum absolute atomic E-state index is 0.0151. The zero-order valence-corrected chi connectivity index (χ0v) is 16.3. The van der Waals surface area contributed by atoms with Crippen LogP contribution in [0.3, 0.4) is 0 Å². The fourth-order valence-electron chi connectivity index (χ4n) is 2.52. The van der Waals surface area contributed by atoms with Crippen molar-refractivity contribution < 1.29 is 14.7 Å². The number of carbonyl (C=O) groups is 2. The molecule has 2 aromatic rings. The summed E-state index contributed by atoms with van der Waals surface area (Å²) in [5.74, 6) is -0.926. The number of anilines is 1. The third-order valence-electron chi connectivity index (χ3n) is 3.89. The lowest BCUT2D eigenvalue weighted by atomic mass is 10.1. The number of amides is 1. The average molecular weight is 375 g/mol. The van der Waals surface area contributed by atoms with Crippen molar-refractivity contribution in [3.8, 4) is 11.3 Å². The summed E-state index contributed by atoms with van der Waals surface area (Å²) in [6.07, 6.45) is 0. The first-order chi connectivity index (χ1) is 12.3. The molecule has 0 fully saturated rings. The molecule has 2 rings (SSSR count). The number of hydrogen-bond acceptors (Lipinski definition) is 5. The van der Waals surface area contributed by atoms with E-state index in [1.807, 2.05) is 44.2 Å². The molecule has 0 bridgehead atoms.